The molecule has 2 rings (SSSR count). The molecule has 0 N–H and O–H groups in total. The summed E-state index contributed by atoms with van der Waals surface area (Å²) >= 11 is 0. The van der Waals surface area contributed by atoms with Crippen molar-refractivity contribution in [1.29, 1.82) is 0 Å². The molecule has 0 saturated carbocycles. The van der Waals surface area contributed by atoms with Gasteiger partial charge in [-0.1, -0.05) is 20.8 Å². The number of hydrogen-bond donors (Lipinski definition) is 0. The van der Waals surface area contributed by atoms with Crippen molar-refractivity contribution in [2.75, 3.05) is 0 Å². The van der Waals surface area contributed by atoms with Gasteiger partial charge in [-0.25, -0.2) is 8.78 Å². The van der Waals surface area contributed by atoms with E-state index in [9.17, 15) is 8.78 Å². The van der Waals surface area contributed by atoms with Crippen LogP contribution in [-0.2, 0) is 10.8 Å². The highest BCUT2D eigenvalue weighted by Crippen LogP contribution is 2.32. The van der Waals surface area contributed by atoms with Gasteiger partial charge in [-0.05, 0) is 72.8 Å². The van der Waals surface area contributed by atoms with E-state index in [-0.39, 0.29) is 6.10 Å². The first-order chi connectivity index (χ1) is 12.5. The molecule has 26 heavy (non-hydrogen) atoms. The van der Waals surface area contributed by atoms with Crippen molar-refractivity contribution in [3.8, 4) is 0 Å². The third-order valence-corrected chi connectivity index (χ3v) is 9.91. The fourth-order valence-corrected chi connectivity index (χ4v) is 6.28. The molecule has 0 aliphatic heterocycles. The monoisotopic (exact) mass is 377 g/mol. The SMILES string of the molecule is CC[Si](CC)(CC)OC(CCCc1cc(F)cc(F)c1)c1ccncc1. The smallest absolute Gasteiger partial charge is 0.192 e. The molecule has 0 aliphatic rings. The van der Waals surface area contributed by atoms with Crippen LogP contribution in [0.1, 0.15) is 50.8 Å². The van der Waals surface area contributed by atoms with Crippen molar-refractivity contribution in [2.24, 2.45) is 0 Å². The van der Waals surface area contributed by atoms with Crippen LogP contribution in [0.4, 0.5) is 8.78 Å². The van der Waals surface area contributed by atoms with Gasteiger partial charge < -0.3 is 4.43 Å². The molecule has 142 valence electrons. The first kappa shape index (κ1) is 20.7. The highest BCUT2D eigenvalue weighted by molar-refractivity contribution is 6.73. The zero-order valence-electron chi connectivity index (χ0n) is 16.0. The lowest BCUT2D eigenvalue weighted by Crippen LogP contribution is -2.37. The number of aromatic nitrogens is 1. The molecule has 0 radical (unpaired) electrons. The zero-order chi connectivity index (χ0) is 19.0. The number of hydrogen-bond acceptors (Lipinski definition) is 2. The molecular weight excluding hydrogens is 348 g/mol. The van der Waals surface area contributed by atoms with E-state index in [1.54, 1.807) is 12.4 Å². The Hall–Kier alpha value is -1.59. The predicted molar refractivity (Wildman–Crippen MR) is 105 cm³/mol. The van der Waals surface area contributed by atoms with Crippen molar-refractivity contribution in [3.05, 3.63) is 65.5 Å². The summed E-state index contributed by atoms with van der Waals surface area (Å²) in [5.41, 5.74) is 1.83. The van der Waals surface area contributed by atoms with Crippen LogP contribution < -0.4 is 0 Å². The Morgan fingerprint density at radius 1 is 0.962 bits per heavy atom. The average molecular weight is 378 g/mol. The van der Waals surface area contributed by atoms with Gasteiger partial charge in [0.2, 0.25) is 0 Å². The topological polar surface area (TPSA) is 22.1 Å². The summed E-state index contributed by atoms with van der Waals surface area (Å²) < 4.78 is 33.5. The molecule has 2 nitrogen and oxygen atoms in total. The Labute approximate surface area is 156 Å². The maximum Gasteiger partial charge on any atom is 0.192 e. The second-order valence-electron chi connectivity index (χ2n) is 6.80. The van der Waals surface area contributed by atoms with Crippen LogP contribution in [-0.4, -0.2) is 13.3 Å². The van der Waals surface area contributed by atoms with Crippen LogP contribution in [0.3, 0.4) is 0 Å². The minimum absolute atomic E-state index is 0.0166. The van der Waals surface area contributed by atoms with Crippen LogP contribution >= 0.6 is 0 Å². The molecule has 0 spiro atoms. The fourth-order valence-electron chi connectivity index (χ4n) is 3.42. The van der Waals surface area contributed by atoms with E-state index in [0.29, 0.717) is 12.0 Å². The van der Waals surface area contributed by atoms with Gasteiger partial charge >= 0.3 is 0 Å². The number of rotatable bonds is 10. The van der Waals surface area contributed by atoms with Crippen molar-refractivity contribution < 1.29 is 13.2 Å². The summed E-state index contributed by atoms with van der Waals surface area (Å²) in [6.07, 6.45) is 5.89. The van der Waals surface area contributed by atoms with Crippen LogP contribution in [0.2, 0.25) is 18.1 Å². The highest BCUT2D eigenvalue weighted by atomic mass is 28.4. The van der Waals surface area contributed by atoms with Crippen molar-refractivity contribution in [3.63, 3.8) is 0 Å². The predicted octanol–water partition coefficient (Wildman–Crippen LogP) is 6.45. The molecule has 0 bridgehead atoms. The molecule has 0 saturated heterocycles. The molecule has 1 atom stereocenters. The fraction of sp³-hybridized carbons (Fsp3) is 0.476. The van der Waals surface area contributed by atoms with Gasteiger partial charge in [-0.3, -0.25) is 4.98 Å². The van der Waals surface area contributed by atoms with Gasteiger partial charge in [0.15, 0.2) is 8.32 Å². The summed E-state index contributed by atoms with van der Waals surface area (Å²) in [6.45, 7) is 6.66. The van der Waals surface area contributed by atoms with E-state index < -0.39 is 20.0 Å². The van der Waals surface area contributed by atoms with Crippen LogP contribution in [0, 0.1) is 11.6 Å². The van der Waals surface area contributed by atoms with Gasteiger partial charge in [0.05, 0.1) is 6.10 Å². The minimum Gasteiger partial charge on any atom is -0.410 e. The van der Waals surface area contributed by atoms with E-state index in [2.05, 4.69) is 25.8 Å². The maximum absolute atomic E-state index is 13.4. The van der Waals surface area contributed by atoms with Crippen molar-refractivity contribution in [2.45, 2.75) is 64.3 Å². The highest BCUT2D eigenvalue weighted by Gasteiger charge is 2.32. The molecular formula is C21H29F2NOSi. The lowest BCUT2D eigenvalue weighted by molar-refractivity contribution is 0.176. The Morgan fingerprint density at radius 3 is 2.08 bits per heavy atom. The third kappa shape index (κ3) is 5.71. The zero-order valence-corrected chi connectivity index (χ0v) is 17.0. The number of benzene rings is 1. The first-order valence-electron chi connectivity index (χ1n) is 9.54. The molecule has 0 aliphatic carbocycles. The van der Waals surface area contributed by atoms with Gasteiger partial charge in [0.25, 0.3) is 0 Å². The molecule has 1 heterocycles. The van der Waals surface area contributed by atoms with Gasteiger partial charge in [-0.15, -0.1) is 0 Å². The Balaban J connectivity index is 2.09. The Kier molecular flexibility index (Phi) is 7.91. The van der Waals surface area contributed by atoms with E-state index in [1.165, 1.54) is 12.1 Å². The largest absolute Gasteiger partial charge is 0.410 e. The van der Waals surface area contributed by atoms with Crippen LogP contribution in [0.5, 0.6) is 0 Å². The lowest BCUT2D eigenvalue weighted by Gasteiger charge is -2.33. The minimum atomic E-state index is -1.75. The third-order valence-electron chi connectivity index (χ3n) is 5.26. The van der Waals surface area contributed by atoms with Gasteiger partial charge in [0.1, 0.15) is 11.6 Å². The molecule has 1 aromatic heterocycles. The molecule has 1 aromatic carbocycles. The summed E-state index contributed by atoms with van der Waals surface area (Å²) in [5.74, 6) is -1.03. The number of aryl methyl sites for hydroxylation is 1. The van der Waals surface area contributed by atoms with E-state index in [4.69, 9.17) is 4.43 Å². The molecule has 0 amide bonds. The van der Waals surface area contributed by atoms with Gasteiger partial charge in [-0.2, -0.15) is 0 Å². The summed E-state index contributed by atoms with van der Waals surface area (Å²) in [7, 11) is -1.75. The van der Waals surface area contributed by atoms with Crippen molar-refractivity contribution >= 4 is 8.32 Å². The number of nitrogens with zero attached hydrogens (tertiary/aromatic N) is 1. The molecule has 5 heteroatoms. The van der Waals surface area contributed by atoms with E-state index >= 15 is 0 Å². The summed E-state index contributed by atoms with van der Waals surface area (Å²) in [4.78, 5) is 4.10. The van der Waals surface area contributed by atoms with Gasteiger partial charge in [0, 0.05) is 18.5 Å². The maximum atomic E-state index is 13.4. The van der Waals surface area contributed by atoms with Crippen LogP contribution in [0.15, 0.2) is 42.7 Å². The van der Waals surface area contributed by atoms with E-state index in [0.717, 1.165) is 42.6 Å². The standard InChI is InChI=1S/C21H29F2NOSi/c1-4-26(5-2,6-3)25-21(18-10-12-24-13-11-18)9-7-8-17-14-19(22)16-20(23)15-17/h10-16,21H,4-9H2,1-3H3. The Bertz CT molecular complexity index is 648. The van der Waals surface area contributed by atoms with Crippen LogP contribution in [0.25, 0.3) is 0 Å². The first-order valence-corrected chi connectivity index (χ1v) is 12.1. The van der Waals surface area contributed by atoms with Crippen molar-refractivity contribution in [1.82, 2.24) is 4.98 Å². The lowest BCUT2D eigenvalue weighted by atomic mass is 10.0. The molecule has 0 fully saturated rings. The van der Waals surface area contributed by atoms with E-state index in [1.807, 2.05) is 12.1 Å². The number of pyridine rings is 1. The summed E-state index contributed by atoms with van der Waals surface area (Å²) in [5, 5.41) is 0. The molecule has 1 unspecified atom stereocenters. The Morgan fingerprint density at radius 2 is 1.54 bits per heavy atom. The second kappa shape index (κ2) is 9.93. The average Bonchev–Trinajstić information content (AvgIpc) is 2.65. The number of halogens is 2. The second-order valence-corrected chi connectivity index (χ2v) is 11.5. The quantitative estimate of drug-likeness (QED) is 0.444. The normalized spacial score (nSPS) is 13.0. The summed E-state index contributed by atoms with van der Waals surface area (Å²) in [6, 6.07) is 11.0. The molecule has 2 aromatic rings.